The van der Waals surface area contributed by atoms with Crippen molar-refractivity contribution >= 4 is 27.8 Å². The van der Waals surface area contributed by atoms with Crippen molar-refractivity contribution in [3.8, 4) is 0 Å². The lowest BCUT2D eigenvalue weighted by atomic mass is 10.0. The van der Waals surface area contributed by atoms with Crippen LogP contribution in [-0.4, -0.2) is 17.0 Å². The van der Waals surface area contributed by atoms with E-state index < -0.39 is 11.4 Å². The van der Waals surface area contributed by atoms with Gasteiger partial charge in [-0.25, -0.2) is 0 Å². The van der Waals surface area contributed by atoms with Gasteiger partial charge in [-0.1, -0.05) is 28.1 Å². The summed E-state index contributed by atoms with van der Waals surface area (Å²) in [5.41, 5.74) is 1.60. The van der Waals surface area contributed by atoms with E-state index in [0.29, 0.717) is 12.8 Å². The van der Waals surface area contributed by atoms with Gasteiger partial charge in [0.05, 0.1) is 11.5 Å². The van der Waals surface area contributed by atoms with Crippen LogP contribution in [0.2, 0.25) is 0 Å². The first-order chi connectivity index (χ1) is 9.52. The molecule has 0 spiro atoms. The van der Waals surface area contributed by atoms with Crippen molar-refractivity contribution < 1.29 is 14.7 Å². The van der Waals surface area contributed by atoms with Gasteiger partial charge in [-0.15, -0.1) is 0 Å². The van der Waals surface area contributed by atoms with Gasteiger partial charge < -0.3 is 10.4 Å². The number of nitrogens with one attached hydrogen (secondary N) is 1. The molecule has 0 saturated heterocycles. The second-order valence-electron chi connectivity index (χ2n) is 5.73. The fourth-order valence-electron chi connectivity index (χ4n) is 2.93. The van der Waals surface area contributed by atoms with E-state index in [0.717, 1.165) is 22.9 Å². The zero-order chi connectivity index (χ0) is 14.3. The molecule has 1 aromatic carbocycles. The predicted molar refractivity (Wildman–Crippen MR) is 77.3 cm³/mol. The Morgan fingerprint density at radius 1 is 1.40 bits per heavy atom. The molecule has 0 bridgehead atoms. The SMILES string of the molecule is O=C(CC1(C(=O)O)CC1)NC1CCc2c(Br)cccc21. The highest BCUT2D eigenvalue weighted by Gasteiger charge is 2.51. The molecule has 1 aromatic rings. The number of hydrogen-bond acceptors (Lipinski definition) is 2. The van der Waals surface area contributed by atoms with Gasteiger partial charge in [-0.05, 0) is 42.9 Å². The third-order valence-electron chi connectivity index (χ3n) is 4.35. The third-order valence-corrected chi connectivity index (χ3v) is 5.10. The number of amides is 1. The number of carbonyl (C=O) groups excluding carboxylic acids is 1. The first kappa shape index (κ1) is 13.6. The number of carboxylic acids is 1. The summed E-state index contributed by atoms with van der Waals surface area (Å²) in [6, 6.07) is 6.02. The summed E-state index contributed by atoms with van der Waals surface area (Å²) in [5, 5.41) is 12.1. The molecule has 1 unspecified atom stereocenters. The lowest BCUT2D eigenvalue weighted by molar-refractivity contribution is -0.145. The molecule has 1 amide bonds. The Hall–Kier alpha value is -1.36. The van der Waals surface area contributed by atoms with Crippen LogP contribution in [0.15, 0.2) is 22.7 Å². The van der Waals surface area contributed by atoms with E-state index in [1.54, 1.807) is 0 Å². The molecule has 106 valence electrons. The number of halogens is 1. The van der Waals surface area contributed by atoms with E-state index in [-0.39, 0.29) is 18.4 Å². The summed E-state index contributed by atoms with van der Waals surface area (Å²) in [5.74, 6) is -0.995. The Kier molecular flexibility index (Phi) is 3.32. The number of hydrogen-bond donors (Lipinski definition) is 2. The topological polar surface area (TPSA) is 66.4 Å². The maximum Gasteiger partial charge on any atom is 0.310 e. The minimum absolute atomic E-state index is 0.0135. The van der Waals surface area contributed by atoms with Gasteiger partial charge in [-0.2, -0.15) is 0 Å². The van der Waals surface area contributed by atoms with E-state index >= 15 is 0 Å². The van der Waals surface area contributed by atoms with E-state index in [4.69, 9.17) is 5.11 Å². The van der Waals surface area contributed by atoms with Crippen LogP contribution in [-0.2, 0) is 16.0 Å². The molecule has 4 nitrogen and oxygen atoms in total. The average Bonchev–Trinajstić information content (AvgIpc) is 3.06. The summed E-state index contributed by atoms with van der Waals surface area (Å²) >= 11 is 3.53. The highest BCUT2D eigenvalue weighted by molar-refractivity contribution is 9.10. The minimum Gasteiger partial charge on any atom is -0.481 e. The third kappa shape index (κ3) is 2.35. The normalized spacial score (nSPS) is 22.1. The Bertz CT molecular complexity index is 580. The second-order valence-corrected chi connectivity index (χ2v) is 6.58. The molecule has 1 saturated carbocycles. The molecule has 0 radical (unpaired) electrons. The van der Waals surface area contributed by atoms with E-state index in [1.165, 1.54) is 5.56 Å². The maximum atomic E-state index is 12.1. The van der Waals surface area contributed by atoms with Gasteiger partial charge in [0.1, 0.15) is 0 Å². The lowest BCUT2D eigenvalue weighted by Crippen LogP contribution is -2.31. The van der Waals surface area contributed by atoms with Crippen molar-refractivity contribution in [1.29, 1.82) is 0 Å². The zero-order valence-electron chi connectivity index (χ0n) is 11.0. The fourth-order valence-corrected chi connectivity index (χ4v) is 3.51. The Balaban J connectivity index is 1.67. The van der Waals surface area contributed by atoms with Crippen molar-refractivity contribution in [2.75, 3.05) is 0 Å². The lowest BCUT2D eigenvalue weighted by Gasteiger charge is -2.16. The van der Waals surface area contributed by atoms with Crippen molar-refractivity contribution in [2.24, 2.45) is 5.41 Å². The molecule has 20 heavy (non-hydrogen) atoms. The highest BCUT2D eigenvalue weighted by atomic mass is 79.9. The zero-order valence-corrected chi connectivity index (χ0v) is 12.6. The van der Waals surface area contributed by atoms with E-state index in [9.17, 15) is 9.59 Å². The number of rotatable bonds is 4. The second kappa shape index (κ2) is 4.88. The molecule has 2 N–H and O–H groups in total. The first-order valence-corrected chi connectivity index (χ1v) is 7.61. The van der Waals surface area contributed by atoms with Crippen molar-refractivity contribution in [1.82, 2.24) is 5.32 Å². The van der Waals surface area contributed by atoms with Crippen molar-refractivity contribution in [3.63, 3.8) is 0 Å². The van der Waals surface area contributed by atoms with Crippen LogP contribution in [0.5, 0.6) is 0 Å². The molecule has 2 aliphatic carbocycles. The monoisotopic (exact) mass is 337 g/mol. The van der Waals surface area contributed by atoms with Gasteiger partial charge in [0.15, 0.2) is 0 Å². The molecule has 5 heteroatoms. The van der Waals surface area contributed by atoms with Crippen LogP contribution >= 0.6 is 15.9 Å². The van der Waals surface area contributed by atoms with Crippen molar-refractivity contribution in [3.05, 3.63) is 33.8 Å². The summed E-state index contributed by atoms with van der Waals surface area (Å²) in [4.78, 5) is 23.2. The van der Waals surface area contributed by atoms with Crippen LogP contribution in [0.4, 0.5) is 0 Å². The molecule has 0 heterocycles. The largest absolute Gasteiger partial charge is 0.481 e. The quantitative estimate of drug-likeness (QED) is 0.887. The average molecular weight is 338 g/mol. The summed E-state index contributed by atoms with van der Waals surface area (Å²) in [6.07, 6.45) is 3.14. The standard InChI is InChI=1S/C15H16BrNO3/c16-11-3-1-2-10-9(11)4-5-12(10)17-13(18)8-15(6-7-15)14(19)20/h1-3,12H,4-8H2,(H,17,18)(H,19,20). The van der Waals surface area contributed by atoms with Crippen LogP contribution in [0, 0.1) is 5.41 Å². The number of aliphatic carboxylic acids is 1. The molecular weight excluding hydrogens is 322 g/mol. The van der Waals surface area contributed by atoms with Gasteiger partial charge in [0, 0.05) is 10.9 Å². The molecule has 2 aliphatic rings. The first-order valence-electron chi connectivity index (χ1n) is 6.82. The van der Waals surface area contributed by atoms with Gasteiger partial charge in [0.2, 0.25) is 5.91 Å². The molecule has 0 aromatic heterocycles. The minimum atomic E-state index is -0.845. The van der Waals surface area contributed by atoms with E-state index in [2.05, 4.69) is 21.2 Å². The highest BCUT2D eigenvalue weighted by Crippen LogP contribution is 2.49. The summed E-state index contributed by atoms with van der Waals surface area (Å²) < 4.78 is 1.08. The smallest absolute Gasteiger partial charge is 0.310 e. The molecular formula is C15H16BrNO3. The molecule has 1 fully saturated rings. The number of carbonyl (C=O) groups is 2. The van der Waals surface area contributed by atoms with E-state index in [1.807, 2.05) is 18.2 Å². The molecule has 0 aliphatic heterocycles. The number of benzene rings is 1. The van der Waals surface area contributed by atoms with Crippen LogP contribution < -0.4 is 5.32 Å². The van der Waals surface area contributed by atoms with Gasteiger partial charge >= 0.3 is 5.97 Å². The maximum absolute atomic E-state index is 12.1. The summed E-state index contributed by atoms with van der Waals surface area (Å²) in [7, 11) is 0. The number of carboxylic acid groups (broad SMARTS) is 1. The van der Waals surface area contributed by atoms with Gasteiger partial charge in [-0.3, -0.25) is 9.59 Å². The van der Waals surface area contributed by atoms with Crippen LogP contribution in [0.25, 0.3) is 0 Å². The Morgan fingerprint density at radius 3 is 2.80 bits per heavy atom. The van der Waals surface area contributed by atoms with Gasteiger partial charge in [0.25, 0.3) is 0 Å². The molecule has 1 atom stereocenters. The Morgan fingerprint density at radius 2 is 2.15 bits per heavy atom. The van der Waals surface area contributed by atoms with Crippen molar-refractivity contribution in [2.45, 2.75) is 38.1 Å². The fraction of sp³-hybridized carbons (Fsp3) is 0.467. The molecule has 3 rings (SSSR count). The van der Waals surface area contributed by atoms with Crippen LogP contribution in [0.1, 0.15) is 42.9 Å². The summed E-state index contributed by atoms with van der Waals surface area (Å²) in [6.45, 7) is 0. The predicted octanol–water partition coefficient (Wildman–Crippen LogP) is 2.81. The van der Waals surface area contributed by atoms with Crippen LogP contribution in [0.3, 0.4) is 0 Å². The Labute approximate surface area is 125 Å². The number of fused-ring (bicyclic) bond motifs is 1.